The number of aromatic nitrogens is 2. The first-order valence-electron chi connectivity index (χ1n) is 8.53. The number of hydrogen-bond acceptors (Lipinski definition) is 5. The number of nitrogens with zero attached hydrogens (tertiary/aromatic N) is 3. The molecule has 6 heteroatoms. The van der Waals surface area contributed by atoms with Crippen LogP contribution in [-0.2, 0) is 10.3 Å². The first-order valence-corrected chi connectivity index (χ1v) is 8.53. The Morgan fingerprint density at radius 1 is 1.18 bits per heavy atom. The van der Waals surface area contributed by atoms with Gasteiger partial charge in [-0.2, -0.15) is 4.98 Å². The van der Waals surface area contributed by atoms with Gasteiger partial charge >= 0.3 is 0 Å². The van der Waals surface area contributed by atoms with Gasteiger partial charge < -0.3 is 9.42 Å². The Morgan fingerprint density at radius 3 is 2.50 bits per heavy atom. The molecule has 0 bridgehead atoms. The number of carbonyl (C=O) groups excluding carboxylic acids is 1. The molecule has 22 heavy (non-hydrogen) atoms. The van der Waals surface area contributed by atoms with E-state index in [1.54, 1.807) is 0 Å². The summed E-state index contributed by atoms with van der Waals surface area (Å²) in [4.78, 5) is 18.8. The van der Waals surface area contributed by atoms with Gasteiger partial charge in [0, 0.05) is 20.0 Å². The lowest BCUT2D eigenvalue weighted by atomic mass is 9.81. The molecule has 0 aromatic carbocycles. The van der Waals surface area contributed by atoms with E-state index in [1.807, 2.05) is 11.8 Å². The van der Waals surface area contributed by atoms with Crippen molar-refractivity contribution in [2.45, 2.75) is 63.8 Å². The highest BCUT2D eigenvalue weighted by molar-refractivity contribution is 5.78. The van der Waals surface area contributed by atoms with Gasteiger partial charge in [0.25, 0.3) is 0 Å². The van der Waals surface area contributed by atoms with Gasteiger partial charge in [-0.1, -0.05) is 24.4 Å². The maximum absolute atomic E-state index is 12.4. The number of nitrogens with one attached hydrogen (secondary N) is 1. The lowest BCUT2D eigenvalue weighted by Crippen LogP contribution is -2.50. The topological polar surface area (TPSA) is 71.3 Å². The van der Waals surface area contributed by atoms with Crippen molar-refractivity contribution in [2.24, 2.45) is 0 Å². The molecular weight excluding hydrogens is 280 g/mol. The Bertz CT molecular complexity index is 502. The summed E-state index contributed by atoms with van der Waals surface area (Å²) >= 11 is 0. The molecule has 122 valence electrons. The van der Waals surface area contributed by atoms with E-state index in [-0.39, 0.29) is 11.4 Å². The largest absolute Gasteiger partial charge is 0.342 e. The first kappa shape index (κ1) is 15.5. The minimum absolute atomic E-state index is 0.199. The molecule has 0 atom stereocenters. The molecule has 0 radical (unpaired) electrons. The highest BCUT2D eigenvalue weighted by atomic mass is 16.5. The number of hydrogen-bond donors (Lipinski definition) is 1. The molecular formula is C16H26N4O2. The van der Waals surface area contributed by atoms with Crippen molar-refractivity contribution >= 4 is 5.91 Å². The van der Waals surface area contributed by atoms with Crippen molar-refractivity contribution in [1.29, 1.82) is 0 Å². The molecule has 2 aliphatic rings. The lowest BCUT2D eigenvalue weighted by Gasteiger charge is -2.36. The van der Waals surface area contributed by atoms with Crippen LogP contribution < -0.4 is 5.32 Å². The normalized spacial score (nSPS) is 21.8. The van der Waals surface area contributed by atoms with Crippen molar-refractivity contribution < 1.29 is 9.32 Å². The molecule has 1 aromatic rings. The molecule has 1 aromatic heterocycles. The Hall–Kier alpha value is -1.43. The summed E-state index contributed by atoms with van der Waals surface area (Å²) in [5.74, 6) is 1.50. The molecule has 1 amide bonds. The maximum atomic E-state index is 12.4. The third-order valence-electron chi connectivity index (χ3n) is 4.95. The van der Waals surface area contributed by atoms with Gasteiger partial charge in [0.1, 0.15) is 0 Å². The third-order valence-corrected chi connectivity index (χ3v) is 4.95. The minimum Gasteiger partial charge on any atom is -0.342 e. The van der Waals surface area contributed by atoms with Crippen LogP contribution in [0.1, 0.15) is 63.1 Å². The molecule has 0 unspecified atom stereocenters. The monoisotopic (exact) mass is 306 g/mol. The summed E-state index contributed by atoms with van der Waals surface area (Å²) < 4.78 is 5.17. The molecule has 2 fully saturated rings. The molecule has 1 saturated carbocycles. The van der Waals surface area contributed by atoms with Crippen molar-refractivity contribution in [3.8, 4) is 0 Å². The van der Waals surface area contributed by atoms with Crippen LogP contribution in [0.5, 0.6) is 0 Å². The van der Waals surface area contributed by atoms with Crippen LogP contribution in [0.4, 0.5) is 0 Å². The zero-order chi connectivity index (χ0) is 15.4. The highest BCUT2D eigenvalue weighted by Crippen LogP contribution is 2.35. The summed E-state index contributed by atoms with van der Waals surface area (Å²) in [6.45, 7) is 3.98. The summed E-state index contributed by atoms with van der Waals surface area (Å²) in [6.07, 6.45) is 8.95. The fourth-order valence-electron chi connectivity index (χ4n) is 3.63. The van der Waals surface area contributed by atoms with Crippen LogP contribution >= 0.6 is 0 Å². The molecule has 1 aliphatic heterocycles. The summed E-state index contributed by atoms with van der Waals surface area (Å²) in [7, 11) is 0. The number of rotatable bonds is 4. The molecule has 2 heterocycles. The number of carbonyl (C=O) groups is 1. The number of amides is 1. The molecule has 1 aliphatic carbocycles. The van der Waals surface area contributed by atoms with E-state index in [9.17, 15) is 4.79 Å². The van der Waals surface area contributed by atoms with Crippen LogP contribution in [0.25, 0.3) is 0 Å². The van der Waals surface area contributed by atoms with Gasteiger partial charge in [-0.05, 0) is 32.1 Å². The average Bonchev–Trinajstić information content (AvgIpc) is 3.01. The second-order valence-corrected chi connectivity index (χ2v) is 6.57. The van der Waals surface area contributed by atoms with E-state index in [1.165, 1.54) is 12.8 Å². The van der Waals surface area contributed by atoms with E-state index in [4.69, 9.17) is 4.52 Å². The van der Waals surface area contributed by atoms with Crippen molar-refractivity contribution in [3.63, 3.8) is 0 Å². The van der Waals surface area contributed by atoms with Crippen molar-refractivity contribution in [1.82, 2.24) is 20.4 Å². The Balaban J connectivity index is 1.66. The van der Waals surface area contributed by atoms with Gasteiger partial charge in [-0.3, -0.25) is 10.1 Å². The third kappa shape index (κ3) is 3.32. The maximum Gasteiger partial charge on any atom is 0.236 e. The van der Waals surface area contributed by atoms with E-state index in [0.717, 1.165) is 57.4 Å². The van der Waals surface area contributed by atoms with E-state index < -0.39 is 0 Å². The Kier molecular flexibility index (Phi) is 4.76. The molecule has 6 nitrogen and oxygen atoms in total. The number of likely N-dealkylation sites (tertiary alicyclic amines) is 1. The van der Waals surface area contributed by atoms with Crippen LogP contribution in [0.3, 0.4) is 0 Å². The van der Waals surface area contributed by atoms with Crippen LogP contribution in [-0.4, -0.2) is 40.6 Å². The second kappa shape index (κ2) is 6.77. The molecule has 1 N–H and O–H groups in total. The molecule has 3 rings (SSSR count). The van der Waals surface area contributed by atoms with Crippen molar-refractivity contribution in [3.05, 3.63) is 11.7 Å². The van der Waals surface area contributed by atoms with Crippen LogP contribution in [0, 0.1) is 6.92 Å². The van der Waals surface area contributed by atoms with E-state index in [0.29, 0.717) is 12.4 Å². The number of aryl methyl sites for hydroxylation is 1. The van der Waals surface area contributed by atoms with E-state index in [2.05, 4.69) is 15.5 Å². The summed E-state index contributed by atoms with van der Waals surface area (Å²) in [6, 6.07) is 0. The van der Waals surface area contributed by atoms with Crippen molar-refractivity contribution in [2.75, 3.05) is 19.6 Å². The second-order valence-electron chi connectivity index (χ2n) is 6.57. The van der Waals surface area contributed by atoms with Gasteiger partial charge in [0.15, 0.2) is 5.82 Å². The van der Waals surface area contributed by atoms with Gasteiger partial charge in [0.2, 0.25) is 11.8 Å². The summed E-state index contributed by atoms with van der Waals surface area (Å²) in [5, 5.41) is 7.61. The van der Waals surface area contributed by atoms with Crippen LogP contribution in [0.2, 0.25) is 0 Å². The Labute approximate surface area is 131 Å². The average molecular weight is 306 g/mol. The van der Waals surface area contributed by atoms with Gasteiger partial charge in [-0.15, -0.1) is 0 Å². The quantitative estimate of drug-likeness (QED) is 0.923. The standard InChI is InChI=1S/C16H26N4O2/c1-13-18-15(19-22-13)16(8-4-2-5-9-16)17-12-14(21)20-10-6-3-7-11-20/h17H,2-12H2,1H3. The zero-order valence-corrected chi connectivity index (χ0v) is 13.4. The zero-order valence-electron chi connectivity index (χ0n) is 13.4. The van der Waals surface area contributed by atoms with E-state index >= 15 is 0 Å². The summed E-state index contributed by atoms with van der Waals surface area (Å²) in [5.41, 5.74) is -0.290. The SMILES string of the molecule is Cc1nc(C2(NCC(=O)N3CCCCC3)CCCCC2)no1. The predicted molar refractivity (Wildman–Crippen MR) is 82.2 cm³/mol. The minimum atomic E-state index is -0.290. The fourth-order valence-corrected chi connectivity index (χ4v) is 3.63. The van der Waals surface area contributed by atoms with Gasteiger partial charge in [-0.25, -0.2) is 0 Å². The van der Waals surface area contributed by atoms with Gasteiger partial charge in [0.05, 0.1) is 12.1 Å². The first-order chi connectivity index (χ1) is 10.7. The number of piperidine rings is 1. The molecule has 0 spiro atoms. The predicted octanol–water partition coefficient (Wildman–Crippen LogP) is 2.14. The molecule has 1 saturated heterocycles. The lowest BCUT2D eigenvalue weighted by molar-refractivity contribution is -0.131. The fraction of sp³-hybridized carbons (Fsp3) is 0.812. The van der Waals surface area contributed by atoms with Crippen LogP contribution in [0.15, 0.2) is 4.52 Å². The Morgan fingerprint density at radius 2 is 1.86 bits per heavy atom. The smallest absolute Gasteiger partial charge is 0.236 e. The highest BCUT2D eigenvalue weighted by Gasteiger charge is 2.38.